The zero-order valence-corrected chi connectivity index (χ0v) is 27.6. The van der Waals surface area contributed by atoms with Gasteiger partial charge in [-0.2, -0.15) is 0 Å². The summed E-state index contributed by atoms with van der Waals surface area (Å²) in [6, 6.07) is 13.3. The van der Waals surface area contributed by atoms with Crippen LogP contribution in [-0.2, 0) is 25.5 Å². The fourth-order valence-corrected chi connectivity index (χ4v) is 9.86. The highest BCUT2D eigenvalue weighted by Crippen LogP contribution is 2.72. The average Bonchev–Trinajstić information content (AvgIpc) is 3.54. The van der Waals surface area contributed by atoms with E-state index in [0.29, 0.717) is 23.6 Å². The number of phenols is 1. The van der Waals surface area contributed by atoms with E-state index >= 15 is 8.78 Å². The van der Waals surface area contributed by atoms with E-state index < -0.39 is 76.8 Å². The summed E-state index contributed by atoms with van der Waals surface area (Å²) in [4.78, 5) is 25.9. The molecule has 5 aliphatic rings. The molecule has 2 aromatic rings. The number of carbonyl (C=O) groups excluding carboxylic acids is 2. The molecule has 0 unspecified atom stereocenters. The van der Waals surface area contributed by atoms with Crippen molar-refractivity contribution in [2.45, 2.75) is 103 Å². The van der Waals surface area contributed by atoms with Crippen molar-refractivity contribution in [2.24, 2.45) is 22.7 Å². The predicted octanol–water partition coefficient (Wildman–Crippen LogP) is 6.08. The Labute approximate surface area is 286 Å². The van der Waals surface area contributed by atoms with Gasteiger partial charge in [-0.1, -0.05) is 44.7 Å². The molecular formula is C39H47F2NO7. The van der Waals surface area contributed by atoms with E-state index in [1.807, 2.05) is 24.3 Å². The van der Waals surface area contributed by atoms with Crippen molar-refractivity contribution in [3.8, 4) is 5.75 Å². The Morgan fingerprint density at radius 1 is 1.10 bits per heavy atom. The molecule has 3 saturated carbocycles. The van der Waals surface area contributed by atoms with Gasteiger partial charge in [0.2, 0.25) is 0 Å². The summed E-state index contributed by atoms with van der Waals surface area (Å²) in [6.45, 7) is 6.52. The molecule has 0 radical (unpaired) electrons. The van der Waals surface area contributed by atoms with Gasteiger partial charge in [0.1, 0.15) is 18.5 Å². The molecule has 0 bridgehead atoms. The number of hydrogen-bond donors (Lipinski definition) is 4. The van der Waals surface area contributed by atoms with E-state index in [-0.39, 0.29) is 38.0 Å². The van der Waals surface area contributed by atoms with Gasteiger partial charge >= 0.3 is 0 Å². The Balaban J connectivity index is 0.00000417. The molecule has 4 N–H and O–H groups in total. The third-order valence-corrected chi connectivity index (χ3v) is 12.1. The van der Waals surface area contributed by atoms with Gasteiger partial charge in [-0.15, -0.1) is 0 Å². The molecule has 2 aromatic carbocycles. The van der Waals surface area contributed by atoms with E-state index in [0.717, 1.165) is 17.3 Å². The first-order valence-corrected chi connectivity index (χ1v) is 16.8. The van der Waals surface area contributed by atoms with Gasteiger partial charge in [0.15, 0.2) is 29.1 Å². The van der Waals surface area contributed by atoms with Crippen LogP contribution in [0.4, 0.5) is 14.5 Å². The Bertz CT molecular complexity index is 1710. The molecule has 4 fully saturated rings. The van der Waals surface area contributed by atoms with Crippen LogP contribution in [0.15, 0.2) is 66.3 Å². The summed E-state index contributed by atoms with van der Waals surface area (Å²) in [6.07, 6.45) is -1.39. The number of hydrogen-bond acceptors (Lipinski definition) is 8. The Morgan fingerprint density at radius 3 is 2.47 bits per heavy atom. The second kappa shape index (κ2) is 12.1. The van der Waals surface area contributed by atoms with Crippen LogP contribution < -0.4 is 5.32 Å². The molecular weight excluding hydrogens is 632 g/mol. The molecule has 8 nitrogen and oxygen atoms in total. The lowest BCUT2D eigenvalue weighted by atomic mass is 9.44. The molecule has 1 aliphatic heterocycles. The summed E-state index contributed by atoms with van der Waals surface area (Å²) in [5, 5.41) is 36.3. The smallest absolute Gasteiger partial charge is 0.193 e. The van der Waals surface area contributed by atoms with E-state index in [1.54, 1.807) is 19.1 Å². The van der Waals surface area contributed by atoms with E-state index in [4.69, 9.17) is 9.47 Å². The molecule has 0 amide bonds. The van der Waals surface area contributed by atoms with E-state index in [9.17, 15) is 24.9 Å². The maximum absolute atomic E-state index is 17.6. The number of ketones is 2. The molecule has 264 valence electrons. The van der Waals surface area contributed by atoms with Crippen molar-refractivity contribution in [3.63, 3.8) is 0 Å². The third kappa shape index (κ3) is 4.96. The number of alkyl halides is 2. The number of aliphatic hydroxyl groups is 2. The standard InChI is InChI=1S/C38H43F2NO7.CH4/c1-20(2)41-24-9-5-21(6-10-24)13-22-7-8-23(14-30(22)44)34-47-33-17-26-27-16-29(39)28-15-25(43)11-12-35(28,3)37(27,40)31(45)18-36(26,4)38(33,48-34)32(46)19-42;/h5-12,14-15,20,26-27,29,31,33-34,41-42,44-45H,13,16-19H2,1-4H3;1H4/t26-,27-,29-,31-,33+,34+,35-,36-,37-,38+;/m0./s1. The molecule has 49 heavy (non-hydrogen) atoms. The Kier molecular flexibility index (Phi) is 8.75. The largest absolute Gasteiger partial charge is 0.508 e. The number of allylic oxidation sites excluding steroid dienone is 4. The molecule has 10 heteroatoms. The lowest BCUT2D eigenvalue weighted by molar-refractivity contribution is -0.235. The van der Waals surface area contributed by atoms with Gasteiger partial charge in [0.05, 0.1) is 12.2 Å². The van der Waals surface area contributed by atoms with Crippen LogP contribution in [-0.4, -0.2) is 69.2 Å². The average molecular weight is 680 g/mol. The summed E-state index contributed by atoms with van der Waals surface area (Å²) < 4.78 is 46.4. The SMILES string of the molecule is C.CC(C)Nc1ccc(Cc2ccc([C@@H]3O[C@@H]4C[C@H]5[C@@H]6C[C@H](F)C7=CC(=O)C=C[C@]7(C)[C@@]6(F)[C@@H](O)C[C@]5(C)[C@]4(C(=O)CO)O3)cc2O)cc1. The van der Waals surface area contributed by atoms with Crippen molar-refractivity contribution in [1.29, 1.82) is 0 Å². The minimum absolute atomic E-state index is 0. The predicted molar refractivity (Wildman–Crippen MR) is 180 cm³/mol. The molecule has 1 saturated heterocycles. The first-order valence-electron chi connectivity index (χ1n) is 16.8. The zero-order valence-electron chi connectivity index (χ0n) is 27.6. The highest BCUT2D eigenvalue weighted by Gasteiger charge is 2.80. The number of anilines is 1. The summed E-state index contributed by atoms with van der Waals surface area (Å²) >= 11 is 0. The number of rotatable bonds is 7. The summed E-state index contributed by atoms with van der Waals surface area (Å²) in [7, 11) is 0. The molecule has 1 heterocycles. The minimum Gasteiger partial charge on any atom is -0.508 e. The quantitative estimate of drug-likeness (QED) is 0.278. The Hall–Kier alpha value is -3.44. The maximum Gasteiger partial charge on any atom is 0.193 e. The summed E-state index contributed by atoms with van der Waals surface area (Å²) in [5.74, 6) is -2.73. The topological polar surface area (TPSA) is 125 Å². The van der Waals surface area contributed by atoms with Crippen molar-refractivity contribution in [3.05, 3.63) is 83.0 Å². The second-order valence-corrected chi connectivity index (χ2v) is 15.0. The van der Waals surface area contributed by atoms with Crippen LogP contribution in [0.2, 0.25) is 0 Å². The lowest BCUT2D eigenvalue weighted by Gasteiger charge is -2.63. The number of benzene rings is 2. The van der Waals surface area contributed by atoms with Gasteiger partial charge in [-0.25, -0.2) is 8.78 Å². The molecule has 0 aromatic heterocycles. The first-order chi connectivity index (χ1) is 22.7. The number of phenolic OH excluding ortho intramolecular Hbond substituents is 1. The molecule has 0 spiro atoms. The van der Waals surface area contributed by atoms with Crippen LogP contribution in [0.3, 0.4) is 0 Å². The van der Waals surface area contributed by atoms with E-state index in [1.165, 1.54) is 25.1 Å². The van der Waals surface area contributed by atoms with Gasteiger partial charge in [-0.05, 0) is 93.0 Å². The number of carbonyl (C=O) groups is 2. The molecule has 10 atom stereocenters. The van der Waals surface area contributed by atoms with E-state index in [2.05, 4.69) is 19.2 Å². The molecule has 7 rings (SSSR count). The van der Waals surface area contributed by atoms with Gasteiger partial charge in [0.25, 0.3) is 0 Å². The highest BCUT2D eigenvalue weighted by atomic mass is 19.1. The number of halogens is 2. The van der Waals surface area contributed by atoms with Crippen LogP contribution >= 0.6 is 0 Å². The maximum atomic E-state index is 17.6. The van der Waals surface area contributed by atoms with Crippen molar-refractivity contribution >= 4 is 17.3 Å². The van der Waals surface area contributed by atoms with Crippen LogP contribution in [0.5, 0.6) is 5.75 Å². The normalized spacial score (nSPS) is 39.0. The first kappa shape index (κ1) is 35.4. The minimum atomic E-state index is -2.32. The molecule has 4 aliphatic carbocycles. The number of nitrogens with one attached hydrogen (secondary N) is 1. The van der Waals surface area contributed by atoms with Crippen molar-refractivity contribution in [2.75, 3.05) is 11.9 Å². The third-order valence-electron chi connectivity index (χ3n) is 12.1. The van der Waals surface area contributed by atoms with Crippen LogP contribution in [0.25, 0.3) is 0 Å². The highest BCUT2D eigenvalue weighted by molar-refractivity contribution is 6.01. The lowest BCUT2D eigenvalue weighted by Crippen LogP contribution is -2.70. The van der Waals surface area contributed by atoms with Crippen molar-refractivity contribution in [1.82, 2.24) is 0 Å². The number of aromatic hydroxyl groups is 1. The fraction of sp³-hybridized carbons (Fsp3) is 0.538. The van der Waals surface area contributed by atoms with Gasteiger partial charge < -0.3 is 30.1 Å². The van der Waals surface area contributed by atoms with Crippen molar-refractivity contribution < 1.29 is 43.2 Å². The number of aliphatic hydroxyl groups excluding tert-OH is 2. The fourth-order valence-electron chi connectivity index (χ4n) is 9.86. The number of fused-ring (bicyclic) bond motifs is 7. The second-order valence-electron chi connectivity index (χ2n) is 15.0. The van der Waals surface area contributed by atoms with Crippen LogP contribution in [0.1, 0.15) is 77.4 Å². The van der Waals surface area contributed by atoms with Gasteiger partial charge in [-0.3, -0.25) is 9.59 Å². The summed E-state index contributed by atoms with van der Waals surface area (Å²) in [5.41, 5.74) is -3.68. The number of ether oxygens (including phenoxy) is 2. The number of Topliss-reactive ketones (excluding diaryl/α,β-unsaturated/α-hetero) is 1. The van der Waals surface area contributed by atoms with Gasteiger partial charge in [0, 0.05) is 40.5 Å². The monoisotopic (exact) mass is 679 g/mol. The van der Waals surface area contributed by atoms with Crippen LogP contribution in [0, 0.1) is 22.7 Å². The Morgan fingerprint density at radius 2 is 1.82 bits per heavy atom. The zero-order chi connectivity index (χ0) is 34.4.